The molecule has 5 rings (SSSR count). The Morgan fingerprint density at radius 2 is 1.67 bits per heavy atom. The Bertz CT molecular complexity index is 1410. The number of aryl methyl sites for hydroxylation is 1. The fraction of sp³-hybridized carbons (Fsp3) is 0.394. The molecule has 1 unspecified atom stereocenters. The van der Waals surface area contributed by atoms with Crippen molar-refractivity contribution in [3.05, 3.63) is 87.4 Å². The SMILES string of the molecule is COc1ccccc1CN(C(=O)C1CNCC[C@@H]1NC(=O)c1ccc(OCCOc2c(Cl)cc(C)cc2Cl)cc1)C1CC1. The predicted octanol–water partition coefficient (Wildman–Crippen LogP) is 5.67. The van der Waals surface area contributed by atoms with Crippen LogP contribution in [0.25, 0.3) is 0 Å². The topological polar surface area (TPSA) is 89.1 Å². The minimum absolute atomic E-state index is 0.0603. The largest absolute Gasteiger partial charge is 0.496 e. The van der Waals surface area contributed by atoms with Crippen molar-refractivity contribution in [1.82, 2.24) is 15.5 Å². The first-order valence-corrected chi connectivity index (χ1v) is 15.3. The van der Waals surface area contributed by atoms with E-state index in [0.29, 0.717) is 46.6 Å². The molecule has 0 spiro atoms. The Hall–Kier alpha value is -3.46. The van der Waals surface area contributed by atoms with Crippen molar-refractivity contribution in [2.75, 3.05) is 33.4 Å². The number of hydrogen-bond donors (Lipinski definition) is 2. The van der Waals surface area contributed by atoms with E-state index in [4.69, 9.17) is 37.4 Å². The molecule has 228 valence electrons. The number of hydrogen-bond acceptors (Lipinski definition) is 6. The summed E-state index contributed by atoms with van der Waals surface area (Å²) in [5.74, 6) is 1.29. The van der Waals surface area contributed by atoms with Crippen LogP contribution in [0.3, 0.4) is 0 Å². The monoisotopic (exact) mass is 625 g/mol. The van der Waals surface area contributed by atoms with E-state index in [1.165, 1.54) is 0 Å². The molecule has 43 heavy (non-hydrogen) atoms. The average molecular weight is 627 g/mol. The van der Waals surface area contributed by atoms with Crippen molar-refractivity contribution in [3.63, 3.8) is 0 Å². The molecule has 0 radical (unpaired) electrons. The molecule has 3 aromatic carbocycles. The lowest BCUT2D eigenvalue weighted by atomic mass is 9.91. The lowest BCUT2D eigenvalue weighted by Crippen LogP contribution is -2.55. The van der Waals surface area contributed by atoms with Gasteiger partial charge in [0.2, 0.25) is 5.91 Å². The zero-order valence-corrected chi connectivity index (χ0v) is 25.9. The average Bonchev–Trinajstić information content (AvgIpc) is 3.85. The van der Waals surface area contributed by atoms with Gasteiger partial charge in [0.15, 0.2) is 5.75 Å². The number of para-hydroxylation sites is 1. The van der Waals surface area contributed by atoms with Gasteiger partial charge in [-0.2, -0.15) is 0 Å². The molecule has 10 heteroatoms. The van der Waals surface area contributed by atoms with Crippen LogP contribution in [-0.2, 0) is 11.3 Å². The van der Waals surface area contributed by atoms with Crippen molar-refractivity contribution in [3.8, 4) is 17.2 Å². The number of ether oxygens (including phenoxy) is 3. The first-order valence-electron chi connectivity index (χ1n) is 14.6. The summed E-state index contributed by atoms with van der Waals surface area (Å²) in [7, 11) is 1.64. The van der Waals surface area contributed by atoms with Crippen LogP contribution in [0.5, 0.6) is 17.2 Å². The lowest BCUT2D eigenvalue weighted by Gasteiger charge is -2.36. The second-order valence-corrected chi connectivity index (χ2v) is 11.8. The third-order valence-corrected chi connectivity index (χ3v) is 8.34. The fourth-order valence-corrected chi connectivity index (χ4v) is 6.08. The molecule has 8 nitrogen and oxygen atoms in total. The summed E-state index contributed by atoms with van der Waals surface area (Å²) in [5, 5.41) is 7.39. The summed E-state index contributed by atoms with van der Waals surface area (Å²) in [5.41, 5.74) is 2.43. The molecule has 2 N–H and O–H groups in total. The van der Waals surface area contributed by atoms with Crippen LogP contribution in [0.15, 0.2) is 60.7 Å². The molecular formula is C33H37Cl2N3O5. The second kappa shape index (κ2) is 14.3. The number of nitrogens with zero attached hydrogens (tertiary/aromatic N) is 1. The molecule has 1 saturated carbocycles. The molecular weight excluding hydrogens is 589 g/mol. The molecule has 1 aliphatic heterocycles. The van der Waals surface area contributed by atoms with E-state index < -0.39 is 0 Å². The van der Waals surface area contributed by atoms with Crippen LogP contribution >= 0.6 is 23.2 Å². The highest BCUT2D eigenvalue weighted by Gasteiger charge is 2.40. The van der Waals surface area contributed by atoms with Crippen LogP contribution in [0.1, 0.15) is 40.7 Å². The number of rotatable bonds is 12. The highest BCUT2D eigenvalue weighted by Crippen LogP contribution is 2.34. The van der Waals surface area contributed by atoms with E-state index in [-0.39, 0.29) is 43.0 Å². The zero-order valence-electron chi connectivity index (χ0n) is 24.4. The maximum absolute atomic E-state index is 13.9. The maximum atomic E-state index is 13.9. The van der Waals surface area contributed by atoms with Gasteiger partial charge >= 0.3 is 0 Å². The first kappa shape index (κ1) is 31.0. The van der Waals surface area contributed by atoms with E-state index in [1.807, 2.05) is 36.1 Å². The van der Waals surface area contributed by atoms with E-state index in [1.54, 1.807) is 43.5 Å². The van der Waals surface area contributed by atoms with Crippen molar-refractivity contribution in [2.45, 2.75) is 44.8 Å². The van der Waals surface area contributed by atoms with Gasteiger partial charge in [0, 0.05) is 36.3 Å². The Morgan fingerprint density at radius 3 is 2.37 bits per heavy atom. The van der Waals surface area contributed by atoms with Crippen molar-refractivity contribution in [2.24, 2.45) is 5.92 Å². The van der Waals surface area contributed by atoms with Crippen molar-refractivity contribution in [1.29, 1.82) is 0 Å². The number of piperidine rings is 1. The van der Waals surface area contributed by atoms with Gasteiger partial charge in [0.05, 0.1) is 23.1 Å². The van der Waals surface area contributed by atoms with E-state index >= 15 is 0 Å². The highest BCUT2D eigenvalue weighted by molar-refractivity contribution is 6.37. The minimum Gasteiger partial charge on any atom is -0.496 e. The normalized spacial score (nSPS) is 18.0. The van der Waals surface area contributed by atoms with Gasteiger partial charge in [-0.1, -0.05) is 41.4 Å². The molecule has 2 fully saturated rings. The number of halogens is 2. The summed E-state index contributed by atoms with van der Waals surface area (Å²) in [4.78, 5) is 29.1. The zero-order chi connectivity index (χ0) is 30.3. The van der Waals surface area contributed by atoms with Gasteiger partial charge in [-0.05, 0) is 80.8 Å². The number of carbonyl (C=O) groups excluding carboxylic acids is 2. The number of methoxy groups -OCH3 is 1. The van der Waals surface area contributed by atoms with Gasteiger partial charge in [-0.25, -0.2) is 0 Å². The summed E-state index contributed by atoms with van der Waals surface area (Å²) in [6.07, 6.45) is 2.66. The third kappa shape index (κ3) is 7.93. The number of carbonyl (C=O) groups is 2. The van der Waals surface area contributed by atoms with Gasteiger partial charge in [-0.15, -0.1) is 0 Å². The van der Waals surface area contributed by atoms with Gasteiger partial charge in [0.1, 0.15) is 24.7 Å². The molecule has 0 bridgehead atoms. The van der Waals surface area contributed by atoms with Gasteiger partial charge < -0.3 is 29.7 Å². The maximum Gasteiger partial charge on any atom is 0.251 e. The lowest BCUT2D eigenvalue weighted by molar-refractivity contribution is -0.138. The van der Waals surface area contributed by atoms with E-state index in [0.717, 1.165) is 36.3 Å². The van der Waals surface area contributed by atoms with E-state index in [2.05, 4.69) is 10.6 Å². The second-order valence-electron chi connectivity index (χ2n) is 11.0. The van der Waals surface area contributed by atoms with Crippen LogP contribution < -0.4 is 24.8 Å². The molecule has 0 aromatic heterocycles. The molecule has 2 atom stereocenters. The Kier molecular flexibility index (Phi) is 10.3. The molecule has 1 saturated heterocycles. The standard InChI is InChI=1S/C33H37Cl2N3O5/c1-21-17-27(34)31(28(35)18-21)43-16-15-42-25-11-7-22(8-12-25)32(39)37-29-13-14-36-19-26(29)33(40)38(24-9-10-24)20-23-5-3-4-6-30(23)41-2/h3-8,11-12,17-18,24,26,29,36H,9-10,13-16,19-20H2,1-2H3,(H,37,39)/t26?,29-/m0/s1. The number of amides is 2. The number of benzene rings is 3. The molecule has 1 heterocycles. The first-order chi connectivity index (χ1) is 20.8. The van der Waals surface area contributed by atoms with Crippen molar-refractivity contribution < 1.29 is 23.8 Å². The molecule has 1 aliphatic carbocycles. The van der Waals surface area contributed by atoms with Crippen LogP contribution in [0.2, 0.25) is 10.0 Å². The summed E-state index contributed by atoms with van der Waals surface area (Å²) >= 11 is 12.5. The highest BCUT2D eigenvalue weighted by atomic mass is 35.5. The van der Waals surface area contributed by atoms with Crippen LogP contribution in [-0.4, -0.2) is 62.2 Å². The third-order valence-electron chi connectivity index (χ3n) is 7.78. The minimum atomic E-state index is -0.355. The summed E-state index contributed by atoms with van der Waals surface area (Å²) in [6.45, 7) is 4.18. The Morgan fingerprint density at radius 1 is 0.977 bits per heavy atom. The molecule has 3 aromatic rings. The predicted molar refractivity (Wildman–Crippen MR) is 167 cm³/mol. The van der Waals surface area contributed by atoms with Gasteiger partial charge in [0.25, 0.3) is 5.91 Å². The van der Waals surface area contributed by atoms with Crippen LogP contribution in [0, 0.1) is 12.8 Å². The Balaban J connectivity index is 1.16. The summed E-state index contributed by atoms with van der Waals surface area (Å²) in [6, 6.07) is 18.3. The molecule has 2 amide bonds. The molecule has 2 aliphatic rings. The quantitative estimate of drug-likeness (QED) is 0.252. The summed E-state index contributed by atoms with van der Waals surface area (Å²) < 4.78 is 17.0. The van der Waals surface area contributed by atoms with E-state index in [9.17, 15) is 9.59 Å². The van der Waals surface area contributed by atoms with Crippen molar-refractivity contribution >= 4 is 35.0 Å². The fourth-order valence-electron chi connectivity index (χ4n) is 5.38. The van der Waals surface area contributed by atoms with Crippen LogP contribution in [0.4, 0.5) is 0 Å². The number of nitrogens with one attached hydrogen (secondary N) is 2. The Labute approximate surface area is 262 Å². The smallest absolute Gasteiger partial charge is 0.251 e. The van der Waals surface area contributed by atoms with Gasteiger partial charge in [-0.3, -0.25) is 9.59 Å².